The maximum atomic E-state index is 11.9. The zero-order valence-electron chi connectivity index (χ0n) is 11.7. The molecule has 0 saturated heterocycles. The molecule has 2 N–H and O–H groups in total. The third-order valence-corrected chi connectivity index (χ3v) is 2.84. The van der Waals surface area contributed by atoms with Gasteiger partial charge in [-0.1, -0.05) is 29.1 Å². The van der Waals surface area contributed by atoms with E-state index in [4.69, 9.17) is 9.63 Å². The van der Waals surface area contributed by atoms with E-state index in [0.717, 1.165) is 11.1 Å². The average Bonchev–Trinajstić information content (AvgIpc) is 2.92. The topological polar surface area (TPSA) is 75.4 Å². The fourth-order valence-corrected chi connectivity index (χ4v) is 1.77. The molecule has 0 atom stereocenters. The van der Waals surface area contributed by atoms with Gasteiger partial charge in [0, 0.05) is 18.5 Å². The van der Waals surface area contributed by atoms with E-state index >= 15 is 0 Å². The van der Waals surface area contributed by atoms with E-state index in [0.29, 0.717) is 24.3 Å². The van der Waals surface area contributed by atoms with Crippen molar-refractivity contribution in [3.05, 3.63) is 52.9 Å². The van der Waals surface area contributed by atoms with Crippen molar-refractivity contribution < 1.29 is 14.4 Å². The summed E-state index contributed by atoms with van der Waals surface area (Å²) in [6, 6.07) is 7.60. The first-order valence-corrected chi connectivity index (χ1v) is 6.59. The van der Waals surface area contributed by atoms with Crippen LogP contribution in [0.25, 0.3) is 0 Å². The Kier molecular flexibility index (Phi) is 5.13. The van der Waals surface area contributed by atoms with Gasteiger partial charge in [-0.05, 0) is 24.6 Å². The smallest absolute Gasteiger partial charge is 0.256 e. The van der Waals surface area contributed by atoms with Gasteiger partial charge in [0.25, 0.3) is 5.91 Å². The van der Waals surface area contributed by atoms with Gasteiger partial charge in [0.15, 0.2) is 0 Å². The summed E-state index contributed by atoms with van der Waals surface area (Å²) in [5, 5.41) is 15.1. The number of rotatable bonds is 4. The number of hydrogen-bond acceptors (Lipinski definition) is 4. The van der Waals surface area contributed by atoms with Gasteiger partial charge in [0.1, 0.15) is 11.3 Å². The van der Waals surface area contributed by atoms with Crippen molar-refractivity contribution in [1.82, 2.24) is 10.5 Å². The zero-order chi connectivity index (χ0) is 15.1. The van der Waals surface area contributed by atoms with Crippen molar-refractivity contribution in [3.8, 4) is 11.8 Å². The fraction of sp³-hybridized carbons (Fsp3) is 0.250. The molecule has 0 aliphatic heterocycles. The van der Waals surface area contributed by atoms with Crippen molar-refractivity contribution in [2.24, 2.45) is 0 Å². The van der Waals surface area contributed by atoms with Gasteiger partial charge in [-0.25, -0.2) is 0 Å². The van der Waals surface area contributed by atoms with Gasteiger partial charge < -0.3 is 14.9 Å². The Morgan fingerprint density at radius 1 is 1.48 bits per heavy atom. The number of aromatic nitrogens is 1. The van der Waals surface area contributed by atoms with Crippen LogP contribution in [-0.4, -0.2) is 22.8 Å². The highest BCUT2D eigenvalue weighted by atomic mass is 16.5. The van der Waals surface area contributed by atoms with E-state index in [2.05, 4.69) is 22.3 Å². The van der Waals surface area contributed by atoms with Crippen molar-refractivity contribution in [2.45, 2.75) is 19.9 Å². The van der Waals surface area contributed by atoms with Crippen LogP contribution in [0, 0.1) is 18.8 Å². The van der Waals surface area contributed by atoms with Crippen LogP contribution in [0.5, 0.6) is 0 Å². The van der Waals surface area contributed by atoms with Crippen molar-refractivity contribution in [2.75, 3.05) is 6.61 Å². The Balaban J connectivity index is 1.98. The van der Waals surface area contributed by atoms with E-state index in [1.54, 1.807) is 6.92 Å². The Hall–Kier alpha value is -2.58. The first kappa shape index (κ1) is 14.8. The summed E-state index contributed by atoms with van der Waals surface area (Å²) in [6.45, 7) is 2.15. The number of carbonyl (C=O) groups is 1. The number of amides is 1. The standard InChI is InChI=1S/C16H16N2O3/c1-12-15(11-18-21-12)16(20)17-10-14-7-4-6-13(9-14)5-2-3-8-19/h4,6-7,9,11,19H,3,8,10H2,1H3,(H,17,20). The number of aliphatic hydroxyl groups is 1. The first-order chi connectivity index (χ1) is 10.2. The maximum absolute atomic E-state index is 11.9. The number of aryl methyl sites for hydroxylation is 1. The molecule has 0 aliphatic rings. The summed E-state index contributed by atoms with van der Waals surface area (Å²) in [5.41, 5.74) is 2.25. The molecule has 1 aromatic carbocycles. The molecule has 21 heavy (non-hydrogen) atoms. The van der Waals surface area contributed by atoms with Crippen LogP contribution in [-0.2, 0) is 6.54 Å². The second-order valence-corrected chi connectivity index (χ2v) is 4.45. The highest BCUT2D eigenvalue weighted by Crippen LogP contribution is 2.07. The quantitative estimate of drug-likeness (QED) is 0.837. The van der Waals surface area contributed by atoms with Crippen molar-refractivity contribution in [3.63, 3.8) is 0 Å². The summed E-state index contributed by atoms with van der Waals surface area (Å²) in [6.07, 6.45) is 1.86. The first-order valence-electron chi connectivity index (χ1n) is 6.59. The van der Waals surface area contributed by atoms with Crippen molar-refractivity contribution >= 4 is 5.91 Å². The highest BCUT2D eigenvalue weighted by Gasteiger charge is 2.12. The number of hydrogen-bond donors (Lipinski definition) is 2. The molecule has 5 nitrogen and oxygen atoms in total. The zero-order valence-corrected chi connectivity index (χ0v) is 11.7. The average molecular weight is 284 g/mol. The van der Waals surface area contributed by atoms with Crippen LogP contribution in [0.2, 0.25) is 0 Å². The lowest BCUT2D eigenvalue weighted by atomic mass is 10.1. The van der Waals surface area contributed by atoms with Crippen molar-refractivity contribution in [1.29, 1.82) is 0 Å². The minimum absolute atomic E-state index is 0.0564. The van der Waals surface area contributed by atoms with Gasteiger partial charge in [0.2, 0.25) is 0 Å². The van der Waals surface area contributed by atoms with Crippen LogP contribution in [0.15, 0.2) is 35.0 Å². The van der Waals surface area contributed by atoms with Crippen LogP contribution < -0.4 is 5.32 Å². The van der Waals surface area contributed by atoms with Gasteiger partial charge >= 0.3 is 0 Å². The molecule has 0 aliphatic carbocycles. The monoisotopic (exact) mass is 284 g/mol. The number of benzene rings is 1. The summed E-state index contributed by atoms with van der Waals surface area (Å²) in [7, 11) is 0. The molecule has 108 valence electrons. The Bertz CT molecular complexity index is 680. The number of nitrogens with zero attached hydrogens (tertiary/aromatic N) is 1. The van der Waals surface area contributed by atoms with E-state index in [1.165, 1.54) is 6.20 Å². The molecular weight excluding hydrogens is 268 g/mol. The normalized spacial score (nSPS) is 9.81. The minimum atomic E-state index is -0.217. The molecule has 0 bridgehead atoms. The van der Waals surface area contributed by atoms with Crippen LogP contribution in [0.1, 0.15) is 33.7 Å². The number of carbonyl (C=O) groups excluding carboxylic acids is 1. The third kappa shape index (κ3) is 4.20. The highest BCUT2D eigenvalue weighted by molar-refractivity contribution is 5.94. The summed E-state index contributed by atoms with van der Waals surface area (Å²) in [4.78, 5) is 11.9. The number of aliphatic hydroxyl groups excluding tert-OH is 1. The summed E-state index contributed by atoms with van der Waals surface area (Å²) < 4.78 is 4.86. The van der Waals surface area contributed by atoms with Crippen LogP contribution in [0.3, 0.4) is 0 Å². The Morgan fingerprint density at radius 2 is 2.33 bits per heavy atom. The lowest BCUT2D eigenvalue weighted by Gasteiger charge is -2.04. The summed E-state index contributed by atoms with van der Waals surface area (Å²) >= 11 is 0. The van der Waals surface area contributed by atoms with Gasteiger partial charge in [0.05, 0.1) is 12.8 Å². The fourth-order valence-electron chi connectivity index (χ4n) is 1.77. The maximum Gasteiger partial charge on any atom is 0.256 e. The van der Waals surface area contributed by atoms with Gasteiger partial charge in [-0.2, -0.15) is 0 Å². The molecule has 0 unspecified atom stereocenters. The van der Waals surface area contributed by atoms with E-state index in [9.17, 15) is 4.79 Å². The second kappa shape index (κ2) is 7.27. The molecule has 2 rings (SSSR count). The molecule has 1 aromatic heterocycles. The molecule has 0 fully saturated rings. The third-order valence-electron chi connectivity index (χ3n) is 2.84. The molecule has 2 aromatic rings. The predicted molar refractivity (Wildman–Crippen MR) is 77.4 cm³/mol. The largest absolute Gasteiger partial charge is 0.395 e. The lowest BCUT2D eigenvalue weighted by Crippen LogP contribution is -2.23. The second-order valence-electron chi connectivity index (χ2n) is 4.45. The Labute approximate surface area is 123 Å². The van der Waals surface area contributed by atoms with Gasteiger partial charge in [-0.3, -0.25) is 4.79 Å². The molecule has 5 heteroatoms. The minimum Gasteiger partial charge on any atom is -0.395 e. The van der Waals surface area contributed by atoms with Gasteiger partial charge in [-0.15, -0.1) is 0 Å². The van der Waals surface area contributed by atoms with Crippen LogP contribution in [0.4, 0.5) is 0 Å². The lowest BCUT2D eigenvalue weighted by molar-refractivity contribution is 0.0949. The number of nitrogens with one attached hydrogen (secondary N) is 1. The molecular formula is C16H16N2O3. The predicted octanol–water partition coefficient (Wildman–Crippen LogP) is 1.65. The SMILES string of the molecule is Cc1oncc1C(=O)NCc1cccc(C#CCCO)c1. The van der Waals surface area contributed by atoms with Crippen LogP contribution >= 0.6 is 0 Å². The molecule has 1 heterocycles. The molecule has 0 radical (unpaired) electrons. The molecule has 0 saturated carbocycles. The van der Waals surface area contributed by atoms with E-state index < -0.39 is 0 Å². The van der Waals surface area contributed by atoms with E-state index in [-0.39, 0.29) is 12.5 Å². The molecule has 0 spiro atoms. The molecule has 1 amide bonds. The Morgan fingerprint density at radius 3 is 3.05 bits per heavy atom. The summed E-state index contributed by atoms with van der Waals surface area (Å²) in [5.74, 6) is 6.11. The van der Waals surface area contributed by atoms with E-state index in [1.807, 2.05) is 24.3 Å².